The van der Waals surface area contributed by atoms with Crippen molar-refractivity contribution >= 4 is 46.4 Å². The van der Waals surface area contributed by atoms with E-state index < -0.39 is 11.5 Å². The molecule has 25 heavy (non-hydrogen) atoms. The third kappa shape index (κ3) is 2.61. The Balaban J connectivity index is 1.71. The van der Waals surface area contributed by atoms with E-state index in [1.54, 1.807) is 48.5 Å². The van der Waals surface area contributed by atoms with Gasteiger partial charge in [0.05, 0.1) is 22.8 Å². The molecule has 1 spiro atoms. The van der Waals surface area contributed by atoms with E-state index in [0.717, 1.165) is 4.90 Å². The van der Waals surface area contributed by atoms with Crippen LogP contribution in [-0.4, -0.2) is 17.4 Å². The first-order valence-electron chi connectivity index (χ1n) is 7.55. The van der Waals surface area contributed by atoms with Crippen LogP contribution in [0.4, 0.5) is 5.69 Å². The molecule has 5 nitrogen and oxygen atoms in total. The number of carbonyl (C=O) groups is 2. The highest BCUT2D eigenvalue weighted by Gasteiger charge is 2.55. The van der Waals surface area contributed by atoms with Gasteiger partial charge in [0, 0.05) is 10.6 Å². The Kier molecular flexibility index (Phi) is 3.80. The third-order valence-electron chi connectivity index (χ3n) is 4.18. The summed E-state index contributed by atoms with van der Waals surface area (Å²) in [6.07, 6.45) is 1.52. The van der Waals surface area contributed by atoms with Gasteiger partial charge in [0.2, 0.25) is 11.5 Å². The Morgan fingerprint density at radius 1 is 1.08 bits per heavy atom. The van der Waals surface area contributed by atoms with Crippen molar-refractivity contribution in [1.29, 1.82) is 0 Å². The summed E-state index contributed by atoms with van der Waals surface area (Å²) in [6.45, 7) is 0. The molecule has 7 heteroatoms. The lowest BCUT2D eigenvalue weighted by Gasteiger charge is -2.18. The fourth-order valence-electron chi connectivity index (χ4n) is 2.99. The van der Waals surface area contributed by atoms with Gasteiger partial charge in [-0.2, -0.15) is 0 Å². The predicted molar refractivity (Wildman–Crippen MR) is 94.9 cm³/mol. The summed E-state index contributed by atoms with van der Waals surface area (Å²) in [5, 5.41) is 0.925. The second-order valence-corrected chi connectivity index (χ2v) is 6.67. The predicted octanol–water partition coefficient (Wildman–Crippen LogP) is 3.57. The molecule has 2 aliphatic heterocycles. The van der Waals surface area contributed by atoms with Crippen LogP contribution >= 0.6 is 23.2 Å². The second kappa shape index (κ2) is 5.88. The number of hydrogen-bond donors (Lipinski definition) is 1. The lowest BCUT2D eigenvalue weighted by molar-refractivity contribution is -0.136. The molecule has 2 aromatic rings. The summed E-state index contributed by atoms with van der Waals surface area (Å²) in [5.74, 6) is -0.756. The summed E-state index contributed by atoms with van der Waals surface area (Å²) in [7, 11) is 0. The second-order valence-electron chi connectivity index (χ2n) is 5.82. The summed E-state index contributed by atoms with van der Waals surface area (Å²) < 4.78 is 0. The van der Waals surface area contributed by atoms with Gasteiger partial charge in [-0.3, -0.25) is 19.9 Å². The van der Waals surface area contributed by atoms with E-state index in [1.165, 1.54) is 0 Å². The number of benzene rings is 2. The van der Waals surface area contributed by atoms with Crippen LogP contribution in [0.5, 0.6) is 0 Å². The molecule has 2 aromatic carbocycles. The minimum absolute atomic E-state index is 0.0809. The topological polar surface area (TPSA) is 58.6 Å². The van der Waals surface area contributed by atoms with Gasteiger partial charge in [-0.15, -0.1) is 0 Å². The van der Waals surface area contributed by atoms with E-state index in [-0.39, 0.29) is 12.3 Å². The highest BCUT2D eigenvalue weighted by molar-refractivity contribution is 6.35. The normalized spacial score (nSPS) is 22.5. The van der Waals surface area contributed by atoms with Gasteiger partial charge in [-0.25, -0.2) is 4.90 Å². The van der Waals surface area contributed by atoms with E-state index in [0.29, 0.717) is 27.0 Å². The van der Waals surface area contributed by atoms with Crippen molar-refractivity contribution in [3.63, 3.8) is 0 Å². The van der Waals surface area contributed by atoms with E-state index in [4.69, 9.17) is 28.0 Å². The maximum absolute atomic E-state index is 12.9. The highest BCUT2D eigenvalue weighted by Crippen LogP contribution is 2.39. The molecular weight excluding hydrogens is 363 g/mol. The maximum Gasteiger partial charge on any atom is 0.273 e. The molecule has 0 aromatic heterocycles. The molecule has 126 valence electrons. The van der Waals surface area contributed by atoms with Crippen LogP contribution in [0.2, 0.25) is 10.0 Å². The fraction of sp³-hybridized carbons (Fsp3) is 0.111. The molecule has 0 aliphatic carbocycles. The number of anilines is 1. The monoisotopic (exact) mass is 374 g/mol. The number of carbonyl (C=O) groups excluding carboxylic acids is 2. The lowest BCUT2D eigenvalue weighted by Crippen LogP contribution is -2.40. The van der Waals surface area contributed by atoms with Crippen LogP contribution < -0.4 is 10.4 Å². The molecule has 1 atom stereocenters. The minimum atomic E-state index is -1.37. The zero-order chi connectivity index (χ0) is 17.6. The standard InChI is InChI=1S/C18H12Cl2N2O3/c19-11-6-7-13(14(20)8-11)15-9-18(25-21-15)10-16(23)22(17(18)24)12-4-2-1-3-5-12/h1-9,21H,10H2/t18-/m1/s1. The van der Waals surface area contributed by atoms with E-state index in [2.05, 4.69) is 5.48 Å². The average Bonchev–Trinajstić information content (AvgIpc) is 3.10. The quantitative estimate of drug-likeness (QED) is 0.816. The van der Waals surface area contributed by atoms with Crippen molar-refractivity contribution in [3.05, 3.63) is 70.2 Å². The van der Waals surface area contributed by atoms with Gasteiger partial charge < -0.3 is 0 Å². The number of nitrogens with one attached hydrogen (secondary N) is 1. The van der Waals surface area contributed by atoms with Crippen molar-refractivity contribution < 1.29 is 14.4 Å². The molecule has 2 heterocycles. The van der Waals surface area contributed by atoms with Crippen molar-refractivity contribution in [2.45, 2.75) is 12.0 Å². The minimum Gasteiger partial charge on any atom is -0.274 e. The molecule has 0 radical (unpaired) electrons. The molecule has 1 fully saturated rings. The van der Waals surface area contributed by atoms with Crippen LogP contribution in [0.3, 0.4) is 0 Å². The van der Waals surface area contributed by atoms with E-state index in [1.807, 2.05) is 6.07 Å². The molecule has 2 amide bonds. The maximum atomic E-state index is 12.9. The molecule has 0 saturated carbocycles. The number of hydrogen-bond acceptors (Lipinski definition) is 4. The van der Waals surface area contributed by atoms with Gasteiger partial charge in [-0.1, -0.05) is 41.4 Å². The molecular formula is C18H12Cl2N2O3. The highest BCUT2D eigenvalue weighted by atomic mass is 35.5. The average molecular weight is 375 g/mol. The Hall–Kier alpha value is -2.34. The van der Waals surface area contributed by atoms with E-state index >= 15 is 0 Å². The summed E-state index contributed by atoms with van der Waals surface area (Å²) in [6, 6.07) is 13.8. The molecule has 1 saturated heterocycles. The number of hydroxylamine groups is 1. The van der Waals surface area contributed by atoms with Crippen LogP contribution in [0.15, 0.2) is 54.6 Å². The molecule has 0 bridgehead atoms. The fourth-order valence-corrected chi connectivity index (χ4v) is 3.50. The first-order valence-corrected chi connectivity index (χ1v) is 8.30. The van der Waals surface area contributed by atoms with E-state index in [9.17, 15) is 9.59 Å². The number of amides is 2. The smallest absolute Gasteiger partial charge is 0.273 e. The van der Waals surface area contributed by atoms with Crippen molar-refractivity contribution in [1.82, 2.24) is 5.48 Å². The van der Waals surface area contributed by atoms with Gasteiger partial charge in [0.25, 0.3) is 5.91 Å². The number of imide groups is 1. The van der Waals surface area contributed by atoms with Gasteiger partial charge in [0.1, 0.15) is 0 Å². The Morgan fingerprint density at radius 3 is 2.56 bits per heavy atom. The molecule has 0 unspecified atom stereocenters. The largest absolute Gasteiger partial charge is 0.274 e. The number of para-hydroxylation sites is 1. The Labute approximate surface area is 153 Å². The zero-order valence-corrected chi connectivity index (χ0v) is 14.3. The van der Waals surface area contributed by atoms with Gasteiger partial charge in [-0.05, 0) is 36.4 Å². The molecule has 4 rings (SSSR count). The zero-order valence-electron chi connectivity index (χ0n) is 12.8. The van der Waals surface area contributed by atoms with Crippen LogP contribution in [-0.2, 0) is 14.4 Å². The molecule has 1 N–H and O–H groups in total. The number of rotatable bonds is 2. The van der Waals surface area contributed by atoms with Crippen molar-refractivity contribution in [3.8, 4) is 0 Å². The lowest BCUT2D eigenvalue weighted by atomic mass is 9.99. The first kappa shape index (κ1) is 16.1. The van der Waals surface area contributed by atoms with Crippen molar-refractivity contribution in [2.75, 3.05) is 4.90 Å². The Morgan fingerprint density at radius 2 is 1.84 bits per heavy atom. The van der Waals surface area contributed by atoms with Crippen LogP contribution in [0.1, 0.15) is 12.0 Å². The third-order valence-corrected chi connectivity index (χ3v) is 4.73. The Bertz CT molecular complexity index is 914. The van der Waals surface area contributed by atoms with Gasteiger partial charge >= 0.3 is 0 Å². The first-order chi connectivity index (χ1) is 12.0. The number of halogens is 2. The van der Waals surface area contributed by atoms with Crippen molar-refractivity contribution in [2.24, 2.45) is 0 Å². The summed E-state index contributed by atoms with van der Waals surface area (Å²) in [5.41, 5.74) is 3.04. The van der Waals surface area contributed by atoms with Gasteiger partial charge in [0.15, 0.2) is 0 Å². The van der Waals surface area contributed by atoms with Crippen LogP contribution in [0.25, 0.3) is 5.70 Å². The summed E-state index contributed by atoms with van der Waals surface area (Å²) >= 11 is 12.1. The summed E-state index contributed by atoms with van der Waals surface area (Å²) in [4.78, 5) is 32.0. The van der Waals surface area contributed by atoms with Crippen LogP contribution in [0, 0.1) is 0 Å². The SMILES string of the molecule is O=C1C[C@]2(C=C(c3ccc(Cl)cc3Cl)NO2)C(=O)N1c1ccccc1. The molecule has 2 aliphatic rings. The number of nitrogens with zero attached hydrogens (tertiary/aromatic N) is 1.